The van der Waals surface area contributed by atoms with Crippen molar-refractivity contribution in [3.8, 4) is 0 Å². The molecule has 98 valence electrons. The van der Waals surface area contributed by atoms with Gasteiger partial charge in [0, 0.05) is 24.7 Å². The predicted molar refractivity (Wildman–Crippen MR) is 74.2 cm³/mol. The van der Waals surface area contributed by atoms with Crippen LogP contribution in [0.5, 0.6) is 0 Å². The van der Waals surface area contributed by atoms with Crippen LogP contribution in [0.3, 0.4) is 0 Å². The average molecular weight is 236 g/mol. The highest BCUT2D eigenvalue weighted by Crippen LogP contribution is 2.33. The largest absolute Gasteiger partial charge is 0.312 e. The highest BCUT2D eigenvalue weighted by Gasteiger charge is 2.35. The van der Waals surface area contributed by atoms with E-state index in [2.05, 4.69) is 44.0 Å². The minimum atomic E-state index is 0.262. The van der Waals surface area contributed by atoms with E-state index in [9.17, 15) is 0 Å². The maximum absolute atomic E-state index is 3.66. The molecule has 1 N–H and O–H groups in total. The molecule has 2 atom stereocenters. The SMILES string of the molecule is CC1=CCN(C2CCC2CNC(C)(C)C)CC1. The Morgan fingerprint density at radius 3 is 2.59 bits per heavy atom. The lowest BCUT2D eigenvalue weighted by molar-refractivity contribution is 0.0647. The summed E-state index contributed by atoms with van der Waals surface area (Å²) in [7, 11) is 0. The van der Waals surface area contributed by atoms with Gasteiger partial charge in [-0.25, -0.2) is 0 Å². The van der Waals surface area contributed by atoms with Gasteiger partial charge in [-0.05, 0) is 59.4 Å². The number of nitrogens with one attached hydrogen (secondary N) is 1. The van der Waals surface area contributed by atoms with E-state index in [1.165, 1.54) is 38.9 Å². The molecular weight excluding hydrogens is 208 g/mol. The van der Waals surface area contributed by atoms with Crippen molar-refractivity contribution >= 4 is 0 Å². The molecule has 0 radical (unpaired) electrons. The topological polar surface area (TPSA) is 15.3 Å². The monoisotopic (exact) mass is 236 g/mol. The van der Waals surface area contributed by atoms with Crippen LogP contribution in [0.25, 0.3) is 0 Å². The lowest BCUT2D eigenvalue weighted by Gasteiger charge is -2.46. The molecule has 2 heteroatoms. The van der Waals surface area contributed by atoms with Crippen molar-refractivity contribution in [2.24, 2.45) is 5.92 Å². The Kier molecular flexibility index (Phi) is 3.94. The zero-order chi connectivity index (χ0) is 12.5. The second kappa shape index (κ2) is 5.11. The molecule has 2 aliphatic rings. The van der Waals surface area contributed by atoms with Gasteiger partial charge >= 0.3 is 0 Å². The molecule has 1 heterocycles. The molecule has 0 spiro atoms. The first kappa shape index (κ1) is 13.1. The van der Waals surface area contributed by atoms with Crippen molar-refractivity contribution in [3.05, 3.63) is 11.6 Å². The molecule has 0 aromatic heterocycles. The molecule has 2 nitrogen and oxygen atoms in total. The fourth-order valence-electron chi connectivity index (χ4n) is 2.80. The summed E-state index contributed by atoms with van der Waals surface area (Å²) < 4.78 is 0. The van der Waals surface area contributed by atoms with E-state index in [-0.39, 0.29) is 5.54 Å². The van der Waals surface area contributed by atoms with Crippen molar-refractivity contribution in [3.63, 3.8) is 0 Å². The fraction of sp³-hybridized carbons (Fsp3) is 0.867. The van der Waals surface area contributed by atoms with Crippen LogP contribution in [0.2, 0.25) is 0 Å². The van der Waals surface area contributed by atoms with E-state index in [1.807, 2.05) is 0 Å². The summed E-state index contributed by atoms with van der Waals surface area (Å²) in [5.41, 5.74) is 1.84. The molecule has 0 aromatic carbocycles. The Labute approximate surface area is 106 Å². The van der Waals surface area contributed by atoms with Crippen molar-refractivity contribution in [1.82, 2.24) is 10.2 Å². The summed E-state index contributed by atoms with van der Waals surface area (Å²) in [5.74, 6) is 0.876. The van der Waals surface area contributed by atoms with Crippen LogP contribution < -0.4 is 5.32 Å². The molecule has 2 unspecified atom stereocenters. The smallest absolute Gasteiger partial charge is 0.0168 e. The van der Waals surface area contributed by atoms with Gasteiger partial charge in [0.1, 0.15) is 0 Å². The van der Waals surface area contributed by atoms with Gasteiger partial charge in [0.25, 0.3) is 0 Å². The Hall–Kier alpha value is -0.340. The third-order valence-electron chi connectivity index (χ3n) is 4.21. The molecule has 1 saturated carbocycles. The molecule has 1 fully saturated rings. The lowest BCUT2D eigenvalue weighted by atomic mass is 9.77. The first-order valence-corrected chi connectivity index (χ1v) is 7.10. The first-order chi connectivity index (χ1) is 7.96. The van der Waals surface area contributed by atoms with E-state index in [0.717, 1.165) is 12.0 Å². The number of nitrogens with zero attached hydrogens (tertiary/aromatic N) is 1. The molecule has 0 aromatic rings. The van der Waals surface area contributed by atoms with E-state index < -0.39 is 0 Å². The van der Waals surface area contributed by atoms with Gasteiger partial charge in [-0.15, -0.1) is 0 Å². The van der Waals surface area contributed by atoms with Crippen LogP contribution in [-0.2, 0) is 0 Å². The minimum Gasteiger partial charge on any atom is -0.312 e. The maximum atomic E-state index is 3.66. The Morgan fingerprint density at radius 2 is 2.12 bits per heavy atom. The Balaban J connectivity index is 1.79. The van der Waals surface area contributed by atoms with Crippen molar-refractivity contribution in [2.75, 3.05) is 19.6 Å². The molecule has 0 saturated heterocycles. The van der Waals surface area contributed by atoms with Crippen LogP contribution >= 0.6 is 0 Å². The number of rotatable bonds is 3. The summed E-state index contributed by atoms with van der Waals surface area (Å²) in [5, 5.41) is 3.66. The third-order valence-corrected chi connectivity index (χ3v) is 4.21. The van der Waals surface area contributed by atoms with Gasteiger partial charge in [-0.3, -0.25) is 4.90 Å². The van der Waals surface area contributed by atoms with Crippen molar-refractivity contribution in [1.29, 1.82) is 0 Å². The third kappa shape index (κ3) is 3.56. The maximum Gasteiger partial charge on any atom is 0.0168 e. The van der Waals surface area contributed by atoms with Crippen LogP contribution in [0, 0.1) is 5.92 Å². The molecule has 1 aliphatic carbocycles. The van der Waals surface area contributed by atoms with E-state index in [0.29, 0.717) is 0 Å². The molecule has 0 amide bonds. The van der Waals surface area contributed by atoms with Gasteiger partial charge < -0.3 is 5.32 Å². The average Bonchev–Trinajstić information content (AvgIpc) is 2.18. The lowest BCUT2D eigenvalue weighted by Crippen LogP contribution is -2.53. The van der Waals surface area contributed by atoms with Crippen LogP contribution in [0.1, 0.15) is 47.0 Å². The van der Waals surface area contributed by atoms with Crippen molar-refractivity contribution < 1.29 is 0 Å². The number of hydrogen-bond donors (Lipinski definition) is 1. The van der Waals surface area contributed by atoms with E-state index in [4.69, 9.17) is 0 Å². The van der Waals surface area contributed by atoms with E-state index in [1.54, 1.807) is 5.57 Å². The number of hydrogen-bond acceptors (Lipinski definition) is 2. The second-order valence-corrected chi connectivity index (χ2v) is 6.83. The van der Waals surface area contributed by atoms with Gasteiger partial charge in [0.15, 0.2) is 0 Å². The van der Waals surface area contributed by atoms with Crippen molar-refractivity contribution in [2.45, 2.75) is 58.5 Å². The molecule has 2 rings (SSSR count). The van der Waals surface area contributed by atoms with E-state index >= 15 is 0 Å². The van der Waals surface area contributed by atoms with Crippen LogP contribution in [0.4, 0.5) is 0 Å². The Bertz CT molecular complexity index is 288. The summed E-state index contributed by atoms with van der Waals surface area (Å²) in [6.07, 6.45) is 6.50. The predicted octanol–water partition coefficient (Wildman–Crippen LogP) is 2.81. The van der Waals surface area contributed by atoms with Gasteiger partial charge in [-0.2, -0.15) is 0 Å². The second-order valence-electron chi connectivity index (χ2n) is 6.83. The molecule has 17 heavy (non-hydrogen) atoms. The van der Waals surface area contributed by atoms with Gasteiger partial charge in [0.05, 0.1) is 0 Å². The zero-order valence-corrected chi connectivity index (χ0v) is 11.9. The van der Waals surface area contributed by atoms with Crippen LogP contribution in [0.15, 0.2) is 11.6 Å². The van der Waals surface area contributed by atoms with Gasteiger partial charge in [-0.1, -0.05) is 11.6 Å². The van der Waals surface area contributed by atoms with Crippen LogP contribution in [-0.4, -0.2) is 36.1 Å². The summed E-state index contributed by atoms with van der Waals surface area (Å²) in [6.45, 7) is 12.7. The van der Waals surface area contributed by atoms with Gasteiger partial charge in [0.2, 0.25) is 0 Å². The standard InChI is InChI=1S/C15H28N2/c1-12-7-9-17(10-8-12)14-6-5-13(14)11-16-15(2,3)4/h7,13-14,16H,5-6,8-11H2,1-4H3. The minimum absolute atomic E-state index is 0.262. The zero-order valence-electron chi connectivity index (χ0n) is 11.9. The molecule has 0 bridgehead atoms. The fourth-order valence-corrected chi connectivity index (χ4v) is 2.80. The molecule has 1 aliphatic heterocycles. The summed E-state index contributed by atoms with van der Waals surface area (Å²) >= 11 is 0. The first-order valence-electron chi connectivity index (χ1n) is 7.10. The Morgan fingerprint density at radius 1 is 1.35 bits per heavy atom. The summed E-state index contributed by atoms with van der Waals surface area (Å²) in [6, 6.07) is 0.842. The highest BCUT2D eigenvalue weighted by atomic mass is 15.2. The quantitative estimate of drug-likeness (QED) is 0.758. The summed E-state index contributed by atoms with van der Waals surface area (Å²) in [4.78, 5) is 2.69. The molecular formula is C15H28N2. The highest BCUT2D eigenvalue weighted by molar-refractivity contribution is 5.06. The normalized spacial score (nSPS) is 30.9.